The lowest BCUT2D eigenvalue weighted by molar-refractivity contribution is -0.117. The Bertz CT molecular complexity index is 350. The van der Waals surface area contributed by atoms with Crippen molar-refractivity contribution in [3.8, 4) is 0 Å². The van der Waals surface area contributed by atoms with Crippen LogP contribution in [0.3, 0.4) is 0 Å². The zero-order chi connectivity index (χ0) is 10.7. The van der Waals surface area contributed by atoms with Crippen molar-refractivity contribution in [2.45, 2.75) is 19.9 Å². The van der Waals surface area contributed by atoms with Gasteiger partial charge in [0, 0.05) is 4.47 Å². The zero-order valence-corrected chi connectivity index (χ0v) is 9.76. The summed E-state index contributed by atoms with van der Waals surface area (Å²) in [5, 5.41) is 2.74. The van der Waals surface area contributed by atoms with Crippen molar-refractivity contribution >= 4 is 27.5 Å². The fourth-order valence-corrected chi connectivity index (χ4v) is 1.35. The lowest BCUT2D eigenvalue weighted by Crippen LogP contribution is -2.32. The van der Waals surface area contributed by atoms with E-state index in [1.165, 1.54) is 0 Å². The van der Waals surface area contributed by atoms with Gasteiger partial charge in [-0.3, -0.25) is 4.79 Å². The molecule has 1 rings (SSSR count). The molecule has 14 heavy (non-hydrogen) atoms. The number of hydrogen-bond acceptors (Lipinski definition) is 2. The Morgan fingerprint density at radius 1 is 1.57 bits per heavy atom. The molecule has 0 saturated heterocycles. The Kier molecular flexibility index (Phi) is 3.66. The van der Waals surface area contributed by atoms with Gasteiger partial charge >= 0.3 is 0 Å². The molecule has 76 valence electrons. The first-order valence-electron chi connectivity index (χ1n) is 4.34. The molecule has 3 N–H and O–H groups in total. The highest BCUT2D eigenvalue weighted by Gasteiger charge is 2.09. The first-order chi connectivity index (χ1) is 6.52. The summed E-state index contributed by atoms with van der Waals surface area (Å²) in [5.41, 5.74) is 7.28. The standard InChI is InChI=1S/C10H13BrN2O/c1-6-4-3-5-8(9(6)11)13-10(14)7(2)12/h3-5,7H,12H2,1-2H3,(H,13,14)/t7-/m0/s1. The van der Waals surface area contributed by atoms with E-state index < -0.39 is 6.04 Å². The average Bonchev–Trinajstić information content (AvgIpc) is 2.12. The molecule has 0 spiro atoms. The molecule has 0 heterocycles. The van der Waals surface area contributed by atoms with Gasteiger partial charge in [0.15, 0.2) is 0 Å². The Morgan fingerprint density at radius 3 is 2.79 bits per heavy atom. The second kappa shape index (κ2) is 4.57. The van der Waals surface area contributed by atoms with E-state index >= 15 is 0 Å². The molecular weight excluding hydrogens is 244 g/mol. The molecule has 3 nitrogen and oxygen atoms in total. The highest BCUT2D eigenvalue weighted by molar-refractivity contribution is 9.10. The summed E-state index contributed by atoms with van der Waals surface area (Å²) in [4.78, 5) is 11.3. The first kappa shape index (κ1) is 11.2. The molecule has 0 aliphatic rings. The number of rotatable bonds is 2. The number of anilines is 1. The molecule has 1 amide bonds. The molecule has 0 aliphatic heterocycles. The Balaban J connectivity index is 2.87. The molecule has 1 aromatic carbocycles. The van der Waals surface area contributed by atoms with Crippen LogP contribution in [0, 0.1) is 6.92 Å². The lowest BCUT2D eigenvalue weighted by atomic mass is 10.2. The fraction of sp³-hybridized carbons (Fsp3) is 0.300. The highest BCUT2D eigenvalue weighted by atomic mass is 79.9. The van der Waals surface area contributed by atoms with Gasteiger partial charge in [-0.15, -0.1) is 0 Å². The Morgan fingerprint density at radius 2 is 2.21 bits per heavy atom. The summed E-state index contributed by atoms with van der Waals surface area (Å²) in [7, 11) is 0. The third-order valence-electron chi connectivity index (χ3n) is 1.86. The molecule has 0 unspecified atom stereocenters. The quantitative estimate of drug-likeness (QED) is 0.851. The van der Waals surface area contributed by atoms with Gasteiger partial charge in [-0.25, -0.2) is 0 Å². The monoisotopic (exact) mass is 256 g/mol. The van der Waals surface area contributed by atoms with Gasteiger partial charge in [-0.05, 0) is 41.4 Å². The molecule has 1 aromatic rings. The fourth-order valence-electron chi connectivity index (χ4n) is 0.991. The average molecular weight is 257 g/mol. The van der Waals surface area contributed by atoms with E-state index in [0.29, 0.717) is 0 Å². The SMILES string of the molecule is Cc1cccc(NC(=O)[C@H](C)N)c1Br. The number of amides is 1. The maximum atomic E-state index is 11.3. The second-order valence-corrected chi connectivity index (χ2v) is 4.01. The molecule has 0 saturated carbocycles. The largest absolute Gasteiger partial charge is 0.324 e. The molecule has 0 fully saturated rings. The van der Waals surface area contributed by atoms with Crippen LogP contribution in [-0.4, -0.2) is 11.9 Å². The van der Waals surface area contributed by atoms with Crippen LogP contribution in [0.5, 0.6) is 0 Å². The summed E-state index contributed by atoms with van der Waals surface area (Å²) in [5.74, 6) is -0.184. The van der Waals surface area contributed by atoms with Crippen molar-refractivity contribution in [1.82, 2.24) is 0 Å². The number of nitrogens with one attached hydrogen (secondary N) is 1. The van der Waals surface area contributed by atoms with Crippen molar-refractivity contribution in [2.75, 3.05) is 5.32 Å². The zero-order valence-electron chi connectivity index (χ0n) is 8.17. The molecule has 0 aromatic heterocycles. The van der Waals surface area contributed by atoms with Crippen LogP contribution < -0.4 is 11.1 Å². The number of aryl methyl sites for hydroxylation is 1. The smallest absolute Gasteiger partial charge is 0.241 e. The third kappa shape index (κ3) is 2.56. The van der Waals surface area contributed by atoms with Crippen molar-refractivity contribution in [1.29, 1.82) is 0 Å². The van der Waals surface area contributed by atoms with E-state index in [-0.39, 0.29) is 5.91 Å². The number of carbonyl (C=O) groups excluding carboxylic acids is 1. The number of halogens is 1. The minimum Gasteiger partial charge on any atom is -0.324 e. The van der Waals surface area contributed by atoms with Gasteiger partial charge in [0.1, 0.15) is 0 Å². The van der Waals surface area contributed by atoms with Crippen molar-refractivity contribution in [3.05, 3.63) is 28.2 Å². The van der Waals surface area contributed by atoms with Gasteiger partial charge in [0.25, 0.3) is 0 Å². The lowest BCUT2D eigenvalue weighted by Gasteiger charge is -2.10. The molecule has 0 aliphatic carbocycles. The number of carbonyl (C=O) groups is 1. The first-order valence-corrected chi connectivity index (χ1v) is 5.13. The predicted octanol–water partition coefficient (Wildman–Crippen LogP) is 2.04. The van der Waals surface area contributed by atoms with Crippen LogP contribution in [-0.2, 0) is 4.79 Å². The Hall–Kier alpha value is -0.870. The third-order valence-corrected chi connectivity index (χ3v) is 2.92. The number of nitrogens with two attached hydrogens (primary N) is 1. The van der Waals surface area contributed by atoms with E-state index in [9.17, 15) is 4.79 Å². The van der Waals surface area contributed by atoms with Crippen LogP contribution >= 0.6 is 15.9 Å². The molecule has 1 atom stereocenters. The summed E-state index contributed by atoms with van der Waals surface area (Å²) >= 11 is 3.40. The maximum Gasteiger partial charge on any atom is 0.241 e. The van der Waals surface area contributed by atoms with Crippen molar-refractivity contribution in [2.24, 2.45) is 5.73 Å². The minimum absolute atomic E-state index is 0.184. The van der Waals surface area contributed by atoms with E-state index in [1.54, 1.807) is 6.92 Å². The van der Waals surface area contributed by atoms with Crippen LogP contribution in [0.2, 0.25) is 0 Å². The molecular formula is C10H13BrN2O. The van der Waals surface area contributed by atoms with Crippen molar-refractivity contribution < 1.29 is 4.79 Å². The van der Waals surface area contributed by atoms with E-state index in [0.717, 1.165) is 15.7 Å². The Labute approximate surface area is 91.8 Å². The van der Waals surface area contributed by atoms with Gasteiger partial charge in [-0.1, -0.05) is 12.1 Å². The summed E-state index contributed by atoms with van der Waals surface area (Å²) < 4.78 is 0.897. The molecule has 0 bridgehead atoms. The van der Waals surface area contributed by atoms with E-state index in [4.69, 9.17) is 5.73 Å². The second-order valence-electron chi connectivity index (χ2n) is 3.21. The van der Waals surface area contributed by atoms with Crippen molar-refractivity contribution in [3.63, 3.8) is 0 Å². The molecule has 0 radical (unpaired) electrons. The van der Waals surface area contributed by atoms with Crippen LogP contribution in [0.1, 0.15) is 12.5 Å². The summed E-state index contributed by atoms with van der Waals surface area (Å²) in [6.07, 6.45) is 0. The van der Waals surface area contributed by atoms with Crippen LogP contribution in [0.15, 0.2) is 22.7 Å². The van der Waals surface area contributed by atoms with Gasteiger partial charge in [0.2, 0.25) is 5.91 Å². The van der Waals surface area contributed by atoms with E-state index in [1.807, 2.05) is 25.1 Å². The number of benzene rings is 1. The number of hydrogen-bond donors (Lipinski definition) is 2. The topological polar surface area (TPSA) is 55.1 Å². The highest BCUT2D eigenvalue weighted by Crippen LogP contribution is 2.25. The predicted molar refractivity (Wildman–Crippen MR) is 61.2 cm³/mol. The summed E-state index contributed by atoms with van der Waals surface area (Å²) in [6, 6.07) is 5.18. The maximum absolute atomic E-state index is 11.3. The normalized spacial score (nSPS) is 12.3. The summed E-state index contributed by atoms with van der Waals surface area (Å²) in [6.45, 7) is 3.62. The van der Waals surface area contributed by atoms with Gasteiger partial charge in [-0.2, -0.15) is 0 Å². The van der Waals surface area contributed by atoms with Gasteiger partial charge in [0.05, 0.1) is 11.7 Å². The minimum atomic E-state index is -0.498. The molecule has 4 heteroatoms. The van der Waals surface area contributed by atoms with E-state index in [2.05, 4.69) is 21.2 Å². The van der Waals surface area contributed by atoms with Crippen LogP contribution in [0.25, 0.3) is 0 Å². The van der Waals surface area contributed by atoms with Gasteiger partial charge < -0.3 is 11.1 Å². The van der Waals surface area contributed by atoms with Crippen LogP contribution in [0.4, 0.5) is 5.69 Å².